The number of likely N-dealkylation sites (N-methyl/N-ethyl adjacent to an activating group) is 1. The van der Waals surface area contributed by atoms with Crippen LogP contribution in [0.1, 0.15) is 40.0 Å². The van der Waals surface area contributed by atoms with Crippen LogP contribution in [0.2, 0.25) is 0 Å². The van der Waals surface area contributed by atoms with Gasteiger partial charge in [0, 0.05) is 12.5 Å². The summed E-state index contributed by atoms with van der Waals surface area (Å²) in [4.78, 5) is 25.3. The van der Waals surface area contributed by atoms with Gasteiger partial charge in [-0.25, -0.2) is 0 Å². The summed E-state index contributed by atoms with van der Waals surface area (Å²) in [5, 5.41) is 9.17. The molecule has 0 radical (unpaired) electrons. The van der Waals surface area contributed by atoms with Crippen molar-refractivity contribution in [2.45, 2.75) is 46.1 Å². The number of amides is 1. The van der Waals surface area contributed by atoms with E-state index in [2.05, 4.69) is 6.92 Å². The molecular weight excluding hydrogens is 246 g/mol. The zero-order valence-electron chi connectivity index (χ0n) is 12.1. The van der Waals surface area contributed by atoms with Crippen molar-refractivity contribution in [1.29, 1.82) is 0 Å². The fourth-order valence-corrected chi connectivity index (χ4v) is 2.56. The van der Waals surface area contributed by atoms with Crippen LogP contribution in [0.15, 0.2) is 0 Å². The van der Waals surface area contributed by atoms with Gasteiger partial charge < -0.3 is 14.7 Å². The van der Waals surface area contributed by atoms with Gasteiger partial charge in [0.25, 0.3) is 0 Å². The molecule has 5 nitrogen and oxygen atoms in total. The minimum atomic E-state index is -0.880. The number of carboxylic acid groups (broad SMARTS) is 1. The molecule has 0 aliphatic carbocycles. The lowest BCUT2D eigenvalue weighted by Gasteiger charge is -2.31. The lowest BCUT2D eigenvalue weighted by atomic mass is 9.98. The summed E-state index contributed by atoms with van der Waals surface area (Å²) in [6.45, 7) is 6.98. The van der Waals surface area contributed by atoms with Crippen molar-refractivity contribution in [2.75, 3.05) is 19.8 Å². The van der Waals surface area contributed by atoms with E-state index in [-0.39, 0.29) is 24.5 Å². The fraction of sp³-hybridized carbons (Fsp3) is 0.857. The number of rotatable bonds is 7. The Morgan fingerprint density at radius 1 is 1.37 bits per heavy atom. The molecule has 0 spiro atoms. The van der Waals surface area contributed by atoms with Crippen molar-refractivity contribution in [3.63, 3.8) is 0 Å². The molecule has 1 N–H and O–H groups in total. The van der Waals surface area contributed by atoms with Gasteiger partial charge in [0.15, 0.2) is 0 Å². The predicted molar refractivity (Wildman–Crippen MR) is 71.8 cm³/mol. The first-order valence-corrected chi connectivity index (χ1v) is 7.13. The van der Waals surface area contributed by atoms with Crippen molar-refractivity contribution >= 4 is 11.9 Å². The molecule has 0 aromatic carbocycles. The molecule has 1 saturated heterocycles. The van der Waals surface area contributed by atoms with Crippen molar-refractivity contribution in [3.8, 4) is 0 Å². The Hall–Kier alpha value is -1.10. The van der Waals surface area contributed by atoms with Crippen molar-refractivity contribution in [1.82, 2.24) is 4.90 Å². The number of unbranched alkanes of at least 4 members (excludes halogenated alkanes) is 1. The third-order valence-corrected chi connectivity index (χ3v) is 3.80. The summed E-state index contributed by atoms with van der Waals surface area (Å²) in [5.41, 5.74) is 0. The smallest absolute Gasteiger partial charge is 0.311 e. The Morgan fingerprint density at radius 2 is 2.05 bits per heavy atom. The summed E-state index contributed by atoms with van der Waals surface area (Å²) in [7, 11) is 0. The molecule has 1 fully saturated rings. The van der Waals surface area contributed by atoms with Crippen molar-refractivity contribution in [2.24, 2.45) is 11.8 Å². The zero-order valence-corrected chi connectivity index (χ0v) is 12.1. The average molecular weight is 271 g/mol. The van der Waals surface area contributed by atoms with Gasteiger partial charge in [0.05, 0.1) is 19.3 Å². The second-order valence-corrected chi connectivity index (χ2v) is 5.22. The maximum absolute atomic E-state index is 12.4. The normalized spacial score (nSPS) is 24.2. The minimum absolute atomic E-state index is 0.0463. The maximum Gasteiger partial charge on any atom is 0.311 e. The number of hydrogen-bond acceptors (Lipinski definition) is 3. The quantitative estimate of drug-likeness (QED) is 0.766. The molecule has 1 amide bonds. The number of carbonyl (C=O) groups excluding carboxylic acids is 1. The first-order chi connectivity index (χ1) is 9.02. The highest BCUT2D eigenvalue weighted by Crippen LogP contribution is 2.23. The molecule has 0 bridgehead atoms. The Bertz CT molecular complexity index is 319. The van der Waals surface area contributed by atoms with E-state index < -0.39 is 11.9 Å². The van der Waals surface area contributed by atoms with Gasteiger partial charge in [-0.05, 0) is 13.3 Å². The van der Waals surface area contributed by atoms with Gasteiger partial charge in [-0.2, -0.15) is 0 Å². The van der Waals surface area contributed by atoms with Crippen LogP contribution >= 0.6 is 0 Å². The molecule has 1 rings (SSSR count). The van der Waals surface area contributed by atoms with Gasteiger partial charge in [0.1, 0.15) is 5.92 Å². The average Bonchev–Trinajstić information content (AvgIpc) is 2.86. The van der Waals surface area contributed by atoms with E-state index in [4.69, 9.17) is 4.74 Å². The third kappa shape index (κ3) is 3.93. The Morgan fingerprint density at radius 3 is 2.58 bits per heavy atom. The number of carbonyl (C=O) groups is 2. The van der Waals surface area contributed by atoms with E-state index in [0.29, 0.717) is 13.2 Å². The van der Waals surface area contributed by atoms with Crippen LogP contribution in [0.4, 0.5) is 0 Å². The van der Waals surface area contributed by atoms with Crippen LogP contribution in [0.3, 0.4) is 0 Å². The second-order valence-electron chi connectivity index (χ2n) is 5.22. The largest absolute Gasteiger partial charge is 0.481 e. The van der Waals surface area contributed by atoms with Crippen LogP contribution < -0.4 is 0 Å². The number of nitrogens with zero attached hydrogens (tertiary/aromatic N) is 1. The van der Waals surface area contributed by atoms with E-state index in [1.54, 1.807) is 4.90 Å². The zero-order chi connectivity index (χ0) is 14.4. The van der Waals surface area contributed by atoms with Crippen LogP contribution in [0.25, 0.3) is 0 Å². The van der Waals surface area contributed by atoms with Gasteiger partial charge in [0.2, 0.25) is 5.91 Å². The van der Waals surface area contributed by atoms with Crippen LogP contribution in [0.5, 0.6) is 0 Å². The Balaban J connectivity index is 2.70. The number of ether oxygens (including phenoxy) is 1. The summed E-state index contributed by atoms with van der Waals surface area (Å²) >= 11 is 0. The molecule has 1 heterocycles. The Labute approximate surface area is 114 Å². The lowest BCUT2D eigenvalue weighted by Crippen LogP contribution is -2.48. The summed E-state index contributed by atoms with van der Waals surface area (Å²) in [6.07, 6.45) is 2.94. The lowest BCUT2D eigenvalue weighted by molar-refractivity contribution is -0.146. The highest BCUT2D eigenvalue weighted by molar-refractivity contribution is 5.80. The number of aliphatic carboxylic acids is 1. The van der Waals surface area contributed by atoms with Gasteiger partial charge in [-0.15, -0.1) is 0 Å². The number of hydrogen-bond donors (Lipinski definition) is 1. The highest BCUT2D eigenvalue weighted by atomic mass is 16.5. The summed E-state index contributed by atoms with van der Waals surface area (Å²) < 4.78 is 5.25. The Kier molecular flexibility index (Phi) is 6.28. The van der Waals surface area contributed by atoms with Crippen LogP contribution in [-0.2, 0) is 14.3 Å². The molecule has 5 heteroatoms. The van der Waals surface area contributed by atoms with Gasteiger partial charge in [-0.1, -0.05) is 26.7 Å². The molecule has 0 saturated carbocycles. The molecule has 1 aliphatic heterocycles. The molecule has 0 aromatic heterocycles. The third-order valence-electron chi connectivity index (χ3n) is 3.80. The summed E-state index contributed by atoms with van der Waals surface area (Å²) in [6, 6.07) is -0.320. The summed E-state index contributed by atoms with van der Waals surface area (Å²) in [5.74, 6) is -1.47. The van der Waals surface area contributed by atoms with Crippen molar-refractivity contribution in [3.05, 3.63) is 0 Å². The predicted octanol–water partition coefficient (Wildman–Crippen LogP) is 1.76. The second kappa shape index (κ2) is 7.48. The first kappa shape index (κ1) is 16.0. The molecule has 0 aromatic rings. The molecule has 3 unspecified atom stereocenters. The van der Waals surface area contributed by atoms with E-state index in [0.717, 1.165) is 19.3 Å². The maximum atomic E-state index is 12.4. The molecule has 1 aliphatic rings. The minimum Gasteiger partial charge on any atom is -0.481 e. The molecular formula is C14H25NO4. The van der Waals surface area contributed by atoms with E-state index in [1.807, 2.05) is 13.8 Å². The van der Waals surface area contributed by atoms with Crippen molar-refractivity contribution < 1.29 is 19.4 Å². The fourth-order valence-electron chi connectivity index (χ4n) is 2.56. The van der Waals surface area contributed by atoms with E-state index in [1.165, 1.54) is 0 Å². The number of carboxylic acids is 1. The monoisotopic (exact) mass is 271 g/mol. The van der Waals surface area contributed by atoms with Gasteiger partial charge >= 0.3 is 5.97 Å². The van der Waals surface area contributed by atoms with E-state index in [9.17, 15) is 14.7 Å². The molecule has 3 atom stereocenters. The van der Waals surface area contributed by atoms with Crippen LogP contribution in [-0.4, -0.2) is 47.7 Å². The van der Waals surface area contributed by atoms with Gasteiger partial charge in [-0.3, -0.25) is 9.59 Å². The SMILES string of the molecule is CCCCC(C)C(=O)N(CC)C1COCC1C(=O)O. The standard InChI is InChI=1S/C14H25NO4/c1-4-6-7-10(3)13(16)15(5-2)12-9-19-8-11(12)14(17)18/h10-12H,4-9H2,1-3H3,(H,17,18). The highest BCUT2D eigenvalue weighted by Gasteiger charge is 2.40. The molecule has 19 heavy (non-hydrogen) atoms. The molecule has 110 valence electrons. The van der Waals surface area contributed by atoms with E-state index >= 15 is 0 Å². The van der Waals surface area contributed by atoms with Crippen LogP contribution in [0, 0.1) is 11.8 Å². The topological polar surface area (TPSA) is 66.8 Å². The first-order valence-electron chi connectivity index (χ1n) is 7.13.